The van der Waals surface area contributed by atoms with Crippen molar-refractivity contribution >= 4 is 23.4 Å². The van der Waals surface area contributed by atoms with E-state index in [0.717, 1.165) is 16.9 Å². The molecule has 0 aliphatic rings. The maximum absolute atomic E-state index is 13.1. The Morgan fingerprint density at radius 2 is 1.71 bits per heavy atom. The van der Waals surface area contributed by atoms with Crippen molar-refractivity contribution in [3.05, 3.63) is 64.7 Å². The predicted molar refractivity (Wildman–Crippen MR) is 111 cm³/mol. The zero-order valence-electron chi connectivity index (χ0n) is 16.7. The van der Waals surface area contributed by atoms with Gasteiger partial charge in [-0.25, -0.2) is 0 Å². The fraction of sp³-hybridized carbons (Fsp3) is 0.364. The fourth-order valence-corrected chi connectivity index (χ4v) is 3.01. The first-order chi connectivity index (χ1) is 13.3. The van der Waals surface area contributed by atoms with Crippen LogP contribution in [0.1, 0.15) is 31.9 Å². The highest BCUT2D eigenvalue weighted by molar-refractivity contribution is 6.31. The summed E-state index contributed by atoms with van der Waals surface area (Å²) in [6.07, 6.45) is 0.188. The molecule has 6 heteroatoms. The monoisotopic (exact) mass is 402 g/mol. The van der Waals surface area contributed by atoms with Crippen molar-refractivity contribution in [2.24, 2.45) is 0 Å². The molecule has 0 aromatic heterocycles. The SMILES string of the molecule is COc1ccc(CC(=O)N(Cc2ccccc2Cl)[C@@H](C)C(=O)NC(C)C)cc1. The average molecular weight is 403 g/mol. The summed E-state index contributed by atoms with van der Waals surface area (Å²) in [6.45, 7) is 5.78. The Kier molecular flexibility index (Phi) is 7.88. The molecule has 0 spiro atoms. The molecule has 5 nitrogen and oxygen atoms in total. The molecule has 0 radical (unpaired) electrons. The Labute approximate surface area is 171 Å². The second-order valence-corrected chi connectivity index (χ2v) is 7.38. The van der Waals surface area contributed by atoms with Crippen LogP contribution in [0, 0.1) is 0 Å². The molecule has 1 N–H and O–H groups in total. The molecule has 0 aliphatic heterocycles. The van der Waals surface area contributed by atoms with Crippen LogP contribution in [0.15, 0.2) is 48.5 Å². The summed E-state index contributed by atoms with van der Waals surface area (Å²) in [6, 6.07) is 14.1. The maximum atomic E-state index is 13.1. The summed E-state index contributed by atoms with van der Waals surface area (Å²) < 4.78 is 5.16. The van der Waals surface area contributed by atoms with Gasteiger partial charge in [0.2, 0.25) is 11.8 Å². The van der Waals surface area contributed by atoms with Gasteiger partial charge in [0.25, 0.3) is 0 Å². The summed E-state index contributed by atoms with van der Waals surface area (Å²) in [5.41, 5.74) is 1.66. The minimum Gasteiger partial charge on any atom is -0.497 e. The number of nitrogens with one attached hydrogen (secondary N) is 1. The van der Waals surface area contributed by atoms with Gasteiger partial charge in [0.1, 0.15) is 11.8 Å². The number of hydrogen-bond donors (Lipinski definition) is 1. The highest BCUT2D eigenvalue weighted by atomic mass is 35.5. The van der Waals surface area contributed by atoms with Gasteiger partial charge in [-0.3, -0.25) is 9.59 Å². The Balaban J connectivity index is 2.23. The van der Waals surface area contributed by atoms with Gasteiger partial charge in [-0.05, 0) is 50.1 Å². The minimum atomic E-state index is -0.621. The molecule has 0 heterocycles. The number of carbonyl (C=O) groups is 2. The van der Waals surface area contributed by atoms with E-state index in [4.69, 9.17) is 16.3 Å². The lowest BCUT2D eigenvalue weighted by Gasteiger charge is -2.29. The smallest absolute Gasteiger partial charge is 0.242 e. The maximum Gasteiger partial charge on any atom is 0.242 e. The highest BCUT2D eigenvalue weighted by Crippen LogP contribution is 2.20. The van der Waals surface area contributed by atoms with Gasteiger partial charge in [0.15, 0.2) is 0 Å². The van der Waals surface area contributed by atoms with E-state index in [1.54, 1.807) is 25.0 Å². The van der Waals surface area contributed by atoms with Crippen LogP contribution >= 0.6 is 11.6 Å². The number of carbonyl (C=O) groups excluding carboxylic acids is 2. The van der Waals surface area contributed by atoms with Gasteiger partial charge in [0, 0.05) is 17.6 Å². The quantitative estimate of drug-likeness (QED) is 0.729. The molecule has 0 unspecified atom stereocenters. The molecular formula is C22H27ClN2O3. The van der Waals surface area contributed by atoms with Crippen LogP contribution in [-0.4, -0.2) is 35.9 Å². The van der Waals surface area contributed by atoms with Crippen molar-refractivity contribution < 1.29 is 14.3 Å². The molecule has 2 aromatic carbocycles. The number of amides is 2. The summed E-state index contributed by atoms with van der Waals surface area (Å²) in [5, 5.41) is 3.45. The first-order valence-corrected chi connectivity index (χ1v) is 9.65. The van der Waals surface area contributed by atoms with Gasteiger partial charge in [0.05, 0.1) is 13.5 Å². The Bertz CT molecular complexity index is 806. The van der Waals surface area contributed by atoms with Crippen LogP contribution in [0.5, 0.6) is 5.75 Å². The summed E-state index contributed by atoms with van der Waals surface area (Å²) in [7, 11) is 1.60. The van der Waals surface area contributed by atoms with Crippen molar-refractivity contribution in [2.75, 3.05) is 7.11 Å². The third kappa shape index (κ3) is 5.99. The topological polar surface area (TPSA) is 58.6 Å². The van der Waals surface area contributed by atoms with E-state index in [2.05, 4.69) is 5.32 Å². The van der Waals surface area contributed by atoms with Gasteiger partial charge in [-0.2, -0.15) is 0 Å². The Hall–Kier alpha value is -2.53. The molecule has 2 amide bonds. The van der Waals surface area contributed by atoms with E-state index in [0.29, 0.717) is 5.02 Å². The van der Waals surface area contributed by atoms with Crippen molar-refractivity contribution in [2.45, 2.75) is 45.8 Å². The largest absolute Gasteiger partial charge is 0.497 e. The second-order valence-electron chi connectivity index (χ2n) is 6.98. The van der Waals surface area contributed by atoms with Crippen molar-refractivity contribution in [3.63, 3.8) is 0 Å². The number of rotatable bonds is 8. The summed E-state index contributed by atoms with van der Waals surface area (Å²) >= 11 is 6.28. The molecule has 0 aliphatic carbocycles. The molecule has 28 heavy (non-hydrogen) atoms. The fourth-order valence-electron chi connectivity index (χ4n) is 2.82. The van der Waals surface area contributed by atoms with Crippen molar-refractivity contribution in [3.8, 4) is 5.75 Å². The third-order valence-corrected chi connectivity index (χ3v) is 4.78. The normalized spacial score (nSPS) is 11.8. The molecule has 1 atom stereocenters. The summed E-state index contributed by atoms with van der Waals surface area (Å²) in [4.78, 5) is 27.2. The van der Waals surface area contributed by atoms with Gasteiger partial charge < -0.3 is 15.0 Å². The van der Waals surface area contributed by atoms with E-state index >= 15 is 0 Å². The number of ether oxygens (including phenoxy) is 1. The van der Waals surface area contributed by atoms with Crippen LogP contribution in [-0.2, 0) is 22.6 Å². The van der Waals surface area contributed by atoms with Gasteiger partial charge in [-0.15, -0.1) is 0 Å². The molecule has 0 fully saturated rings. The Morgan fingerprint density at radius 3 is 2.29 bits per heavy atom. The Morgan fingerprint density at radius 1 is 1.07 bits per heavy atom. The van der Waals surface area contributed by atoms with E-state index in [1.807, 2.05) is 56.3 Å². The van der Waals surface area contributed by atoms with Gasteiger partial charge in [-0.1, -0.05) is 41.9 Å². The van der Waals surface area contributed by atoms with Gasteiger partial charge >= 0.3 is 0 Å². The molecule has 0 bridgehead atoms. The number of methoxy groups -OCH3 is 1. The predicted octanol–water partition coefficient (Wildman–Crippen LogP) is 3.83. The minimum absolute atomic E-state index is 0.00574. The van der Waals surface area contributed by atoms with Crippen LogP contribution in [0.25, 0.3) is 0 Å². The van der Waals surface area contributed by atoms with E-state index in [9.17, 15) is 9.59 Å². The molecule has 0 saturated carbocycles. The molecule has 150 valence electrons. The standard InChI is InChI=1S/C22H27ClN2O3/c1-15(2)24-22(27)16(3)25(14-18-7-5-6-8-20(18)23)21(26)13-17-9-11-19(28-4)12-10-17/h5-12,15-16H,13-14H2,1-4H3,(H,24,27)/t16-/m0/s1. The third-order valence-electron chi connectivity index (χ3n) is 4.41. The average Bonchev–Trinajstić information content (AvgIpc) is 2.66. The zero-order valence-corrected chi connectivity index (χ0v) is 17.5. The second kappa shape index (κ2) is 10.1. The van der Waals surface area contributed by atoms with Crippen LogP contribution < -0.4 is 10.1 Å². The summed E-state index contributed by atoms with van der Waals surface area (Å²) in [5.74, 6) is 0.399. The van der Waals surface area contributed by atoms with E-state index in [-0.39, 0.29) is 30.8 Å². The van der Waals surface area contributed by atoms with Crippen LogP contribution in [0.3, 0.4) is 0 Å². The number of benzene rings is 2. The van der Waals surface area contributed by atoms with Crippen molar-refractivity contribution in [1.29, 1.82) is 0 Å². The molecule has 2 aromatic rings. The molecule has 2 rings (SSSR count). The highest BCUT2D eigenvalue weighted by Gasteiger charge is 2.27. The lowest BCUT2D eigenvalue weighted by Crippen LogP contribution is -2.49. The molecule has 0 saturated heterocycles. The molecular weight excluding hydrogens is 376 g/mol. The number of hydrogen-bond acceptors (Lipinski definition) is 3. The lowest BCUT2D eigenvalue weighted by atomic mass is 10.1. The van der Waals surface area contributed by atoms with Crippen LogP contribution in [0.2, 0.25) is 5.02 Å². The van der Waals surface area contributed by atoms with E-state index in [1.165, 1.54) is 0 Å². The first-order valence-electron chi connectivity index (χ1n) is 9.28. The van der Waals surface area contributed by atoms with Crippen LogP contribution in [0.4, 0.5) is 0 Å². The number of nitrogens with zero attached hydrogens (tertiary/aromatic N) is 1. The number of halogens is 1. The lowest BCUT2D eigenvalue weighted by molar-refractivity contribution is -0.140. The first kappa shape index (κ1) is 21.8. The van der Waals surface area contributed by atoms with Crippen molar-refractivity contribution in [1.82, 2.24) is 10.2 Å². The van der Waals surface area contributed by atoms with E-state index < -0.39 is 6.04 Å². The zero-order chi connectivity index (χ0) is 20.7.